The molecule has 2 heterocycles. The van der Waals surface area contributed by atoms with Gasteiger partial charge in [-0.25, -0.2) is 18.1 Å². The van der Waals surface area contributed by atoms with Gasteiger partial charge in [-0.15, -0.1) is 0 Å². The van der Waals surface area contributed by atoms with Gasteiger partial charge in [0.05, 0.1) is 28.9 Å². The van der Waals surface area contributed by atoms with E-state index in [4.69, 9.17) is 4.74 Å². The van der Waals surface area contributed by atoms with Gasteiger partial charge in [-0.3, -0.25) is 4.79 Å². The Balaban J connectivity index is 1.32. The summed E-state index contributed by atoms with van der Waals surface area (Å²) in [4.78, 5) is 20.7. The van der Waals surface area contributed by atoms with Crippen LogP contribution in [0.4, 0.5) is 0 Å². The molecule has 0 bridgehead atoms. The second-order valence-corrected chi connectivity index (χ2v) is 11.3. The SMILES string of the molecule is CNS(=O)(=O)c1ccc(C(=O)CC2CCOc3ccc(-c4ccc5nc[nH]c5c4)cc3CC2C)cc1. The third kappa shape index (κ3) is 4.92. The number of Topliss-reactive ketones (excluding diaryl/α,β-unsaturated/α-hetero) is 1. The number of rotatable bonds is 6. The van der Waals surface area contributed by atoms with Crippen molar-refractivity contribution in [3.63, 3.8) is 0 Å². The van der Waals surface area contributed by atoms with E-state index in [0.717, 1.165) is 46.3 Å². The topological polar surface area (TPSA) is 101 Å². The lowest BCUT2D eigenvalue weighted by atomic mass is 9.81. The lowest BCUT2D eigenvalue weighted by Crippen LogP contribution is -2.23. The molecule has 5 rings (SSSR count). The van der Waals surface area contributed by atoms with Crippen molar-refractivity contribution in [1.82, 2.24) is 14.7 Å². The lowest BCUT2D eigenvalue weighted by Gasteiger charge is -2.28. The van der Waals surface area contributed by atoms with Crippen molar-refractivity contribution in [1.29, 1.82) is 0 Å². The molecule has 8 heteroatoms. The number of sulfonamides is 1. The molecule has 186 valence electrons. The Bertz CT molecular complexity index is 1510. The Morgan fingerprint density at radius 3 is 2.61 bits per heavy atom. The molecule has 2 N–H and O–H groups in total. The molecule has 7 nitrogen and oxygen atoms in total. The molecule has 1 aromatic heterocycles. The Morgan fingerprint density at radius 2 is 1.83 bits per heavy atom. The maximum atomic E-state index is 13.0. The van der Waals surface area contributed by atoms with Gasteiger partial charge in [0.1, 0.15) is 5.75 Å². The summed E-state index contributed by atoms with van der Waals surface area (Å²) in [5.41, 5.74) is 5.83. The molecule has 0 amide bonds. The number of hydrogen-bond donors (Lipinski definition) is 2. The van der Waals surface area contributed by atoms with E-state index < -0.39 is 10.0 Å². The summed E-state index contributed by atoms with van der Waals surface area (Å²) in [5, 5.41) is 0. The minimum absolute atomic E-state index is 0.0164. The number of nitrogens with one attached hydrogen (secondary N) is 2. The highest BCUT2D eigenvalue weighted by molar-refractivity contribution is 7.89. The molecule has 0 aliphatic carbocycles. The Hall–Kier alpha value is -3.49. The van der Waals surface area contributed by atoms with Crippen LogP contribution < -0.4 is 9.46 Å². The largest absolute Gasteiger partial charge is 0.493 e. The highest BCUT2D eigenvalue weighted by atomic mass is 32.2. The number of aromatic nitrogens is 2. The van der Waals surface area contributed by atoms with Crippen molar-refractivity contribution < 1.29 is 17.9 Å². The zero-order valence-corrected chi connectivity index (χ0v) is 21.1. The summed E-state index contributed by atoms with van der Waals surface area (Å²) in [7, 11) is -2.16. The van der Waals surface area contributed by atoms with Crippen LogP contribution in [0.15, 0.2) is 71.9 Å². The van der Waals surface area contributed by atoms with Gasteiger partial charge >= 0.3 is 0 Å². The Kier molecular flexibility index (Phi) is 6.64. The van der Waals surface area contributed by atoms with Crippen LogP contribution in [0.1, 0.15) is 35.7 Å². The highest BCUT2D eigenvalue weighted by Gasteiger charge is 2.25. The second-order valence-electron chi connectivity index (χ2n) is 9.39. The van der Waals surface area contributed by atoms with E-state index in [1.54, 1.807) is 18.5 Å². The number of aromatic amines is 1. The van der Waals surface area contributed by atoms with Gasteiger partial charge in [0.15, 0.2) is 5.78 Å². The molecule has 1 aliphatic rings. The van der Waals surface area contributed by atoms with Gasteiger partial charge in [0.2, 0.25) is 10.0 Å². The van der Waals surface area contributed by atoms with Crippen LogP contribution >= 0.6 is 0 Å². The van der Waals surface area contributed by atoms with Crippen LogP contribution in [0.5, 0.6) is 5.75 Å². The molecular formula is C28H29N3O4S. The summed E-state index contributed by atoms with van der Waals surface area (Å²) in [6.45, 7) is 2.74. The average molecular weight is 504 g/mol. The van der Waals surface area contributed by atoms with Crippen LogP contribution in [0, 0.1) is 11.8 Å². The number of carbonyl (C=O) groups excluding carboxylic acids is 1. The van der Waals surface area contributed by atoms with Crippen molar-refractivity contribution in [2.24, 2.45) is 11.8 Å². The van der Waals surface area contributed by atoms with E-state index in [1.165, 1.54) is 19.2 Å². The first-order valence-electron chi connectivity index (χ1n) is 12.1. The van der Waals surface area contributed by atoms with E-state index in [1.807, 2.05) is 12.1 Å². The standard InChI is InChI=1S/C28H29N3O4S/c1-18-13-23-14-21(22-5-9-25-26(15-22)31-17-30-25)6-10-28(23)35-12-11-20(18)16-27(32)19-3-7-24(8-4-19)36(33,34)29-2/h3-10,14-15,17-18,20,29H,11-13,16H2,1-2H3,(H,30,31). The minimum Gasteiger partial charge on any atom is -0.493 e. The zero-order valence-electron chi connectivity index (χ0n) is 20.3. The summed E-state index contributed by atoms with van der Waals surface area (Å²) >= 11 is 0. The lowest BCUT2D eigenvalue weighted by molar-refractivity contribution is 0.0930. The van der Waals surface area contributed by atoms with Gasteiger partial charge < -0.3 is 9.72 Å². The van der Waals surface area contributed by atoms with Crippen molar-refractivity contribution in [3.05, 3.63) is 78.1 Å². The summed E-state index contributed by atoms with van der Waals surface area (Å²) in [5.74, 6) is 1.37. The highest BCUT2D eigenvalue weighted by Crippen LogP contribution is 2.35. The Labute approximate surface area is 211 Å². The predicted octanol–water partition coefficient (Wildman–Crippen LogP) is 4.99. The second kappa shape index (κ2) is 9.87. The van der Waals surface area contributed by atoms with Crippen molar-refractivity contribution in [2.75, 3.05) is 13.7 Å². The zero-order chi connectivity index (χ0) is 25.3. The first kappa shape index (κ1) is 24.2. The predicted molar refractivity (Wildman–Crippen MR) is 140 cm³/mol. The first-order valence-corrected chi connectivity index (χ1v) is 13.6. The van der Waals surface area contributed by atoms with Crippen molar-refractivity contribution >= 4 is 26.8 Å². The fraction of sp³-hybridized carbons (Fsp3) is 0.286. The van der Waals surface area contributed by atoms with E-state index in [2.05, 4.69) is 45.9 Å². The van der Waals surface area contributed by atoms with E-state index in [-0.39, 0.29) is 22.5 Å². The monoisotopic (exact) mass is 503 g/mol. The number of carbonyl (C=O) groups is 1. The average Bonchev–Trinajstić information content (AvgIpc) is 3.36. The van der Waals surface area contributed by atoms with Crippen LogP contribution in [0.25, 0.3) is 22.2 Å². The van der Waals surface area contributed by atoms with Gasteiger partial charge in [0, 0.05) is 12.0 Å². The number of benzene rings is 3. The number of hydrogen-bond acceptors (Lipinski definition) is 5. The molecule has 0 saturated heterocycles. The van der Waals surface area contributed by atoms with Crippen LogP contribution in [0.2, 0.25) is 0 Å². The molecule has 3 aromatic carbocycles. The van der Waals surface area contributed by atoms with E-state index >= 15 is 0 Å². The van der Waals surface area contributed by atoms with E-state index in [9.17, 15) is 13.2 Å². The van der Waals surface area contributed by atoms with Gasteiger partial charge in [-0.05, 0) is 84.8 Å². The van der Waals surface area contributed by atoms with Crippen LogP contribution in [-0.4, -0.2) is 37.8 Å². The molecule has 0 fully saturated rings. The number of imidazole rings is 1. The Morgan fingerprint density at radius 1 is 1.08 bits per heavy atom. The number of nitrogens with zero attached hydrogens (tertiary/aromatic N) is 1. The summed E-state index contributed by atoms with van der Waals surface area (Å²) in [6.07, 6.45) is 3.70. The maximum absolute atomic E-state index is 13.0. The maximum Gasteiger partial charge on any atom is 0.240 e. The van der Waals surface area contributed by atoms with Gasteiger partial charge in [-0.2, -0.15) is 0 Å². The van der Waals surface area contributed by atoms with Crippen LogP contribution in [0.3, 0.4) is 0 Å². The minimum atomic E-state index is -3.53. The van der Waals surface area contributed by atoms with Crippen molar-refractivity contribution in [3.8, 4) is 16.9 Å². The number of fused-ring (bicyclic) bond motifs is 2. The number of ether oxygens (including phenoxy) is 1. The molecule has 4 aromatic rings. The fourth-order valence-corrected chi connectivity index (χ4v) is 5.62. The van der Waals surface area contributed by atoms with Crippen LogP contribution in [-0.2, 0) is 16.4 Å². The third-order valence-electron chi connectivity index (χ3n) is 7.11. The molecule has 0 saturated carbocycles. The molecule has 0 radical (unpaired) electrons. The fourth-order valence-electron chi connectivity index (χ4n) is 4.89. The molecule has 1 aliphatic heterocycles. The smallest absolute Gasteiger partial charge is 0.240 e. The molecule has 2 atom stereocenters. The van der Waals surface area contributed by atoms with E-state index in [0.29, 0.717) is 18.6 Å². The normalized spacial score (nSPS) is 18.2. The molecule has 2 unspecified atom stereocenters. The van der Waals surface area contributed by atoms with Crippen molar-refractivity contribution in [2.45, 2.75) is 31.1 Å². The first-order chi connectivity index (χ1) is 17.3. The molecular weight excluding hydrogens is 474 g/mol. The van der Waals surface area contributed by atoms with Gasteiger partial charge in [0.25, 0.3) is 0 Å². The van der Waals surface area contributed by atoms with Gasteiger partial charge in [-0.1, -0.05) is 31.2 Å². The quantitative estimate of drug-likeness (QED) is 0.361. The summed E-state index contributed by atoms with van der Waals surface area (Å²) in [6, 6.07) is 18.6. The number of ketones is 1. The molecule has 0 spiro atoms. The molecule has 36 heavy (non-hydrogen) atoms. The number of H-pyrrole nitrogens is 1. The third-order valence-corrected chi connectivity index (χ3v) is 8.54. The summed E-state index contributed by atoms with van der Waals surface area (Å²) < 4.78 is 32.3.